The number of rotatable bonds is 12. The largest absolute Gasteiger partial charge is 0.478 e. The SMILES string of the molecule is CCCCCCCCCCCC[O].Cc1c(C(=O)O)cccc1C(=O)O. The Hall–Kier alpha value is -1.88. The summed E-state index contributed by atoms with van der Waals surface area (Å²) in [5, 5.41) is 27.5. The van der Waals surface area contributed by atoms with Crippen molar-refractivity contribution in [2.45, 2.75) is 78.1 Å². The minimum absolute atomic E-state index is 0.0277. The van der Waals surface area contributed by atoms with Crippen LogP contribution in [0.3, 0.4) is 0 Å². The lowest BCUT2D eigenvalue weighted by atomic mass is 10.0. The van der Waals surface area contributed by atoms with Gasteiger partial charge in [0.25, 0.3) is 0 Å². The van der Waals surface area contributed by atoms with Crippen molar-refractivity contribution in [3.63, 3.8) is 0 Å². The summed E-state index contributed by atoms with van der Waals surface area (Å²) in [6.45, 7) is 3.85. The Morgan fingerprint density at radius 3 is 1.50 bits per heavy atom. The van der Waals surface area contributed by atoms with Gasteiger partial charge < -0.3 is 10.2 Å². The second-order valence-electron chi connectivity index (χ2n) is 6.47. The third kappa shape index (κ3) is 10.9. The van der Waals surface area contributed by atoms with Crippen LogP contribution in [-0.4, -0.2) is 28.8 Å². The molecule has 1 aromatic carbocycles. The van der Waals surface area contributed by atoms with Crippen molar-refractivity contribution in [3.8, 4) is 0 Å². The van der Waals surface area contributed by atoms with E-state index in [0.29, 0.717) is 0 Å². The maximum Gasteiger partial charge on any atom is 0.335 e. The lowest BCUT2D eigenvalue weighted by Crippen LogP contribution is -2.06. The van der Waals surface area contributed by atoms with Gasteiger partial charge in [-0.3, -0.25) is 0 Å². The van der Waals surface area contributed by atoms with Gasteiger partial charge in [0, 0.05) is 0 Å². The fourth-order valence-electron chi connectivity index (χ4n) is 2.69. The van der Waals surface area contributed by atoms with Crippen molar-refractivity contribution in [2.75, 3.05) is 6.61 Å². The fourth-order valence-corrected chi connectivity index (χ4v) is 2.69. The van der Waals surface area contributed by atoms with E-state index in [2.05, 4.69) is 6.92 Å². The van der Waals surface area contributed by atoms with Gasteiger partial charge in [0.15, 0.2) is 0 Å². The van der Waals surface area contributed by atoms with E-state index in [4.69, 9.17) is 10.2 Å². The number of hydrogen-bond donors (Lipinski definition) is 2. The highest BCUT2D eigenvalue weighted by Crippen LogP contribution is 2.13. The lowest BCUT2D eigenvalue weighted by Gasteiger charge is -2.03. The number of carboxylic acids is 2. The van der Waals surface area contributed by atoms with Crippen LogP contribution in [0.15, 0.2) is 18.2 Å². The molecule has 1 radical (unpaired) electrons. The Balaban J connectivity index is 0.000000481. The zero-order valence-corrected chi connectivity index (χ0v) is 16.1. The van der Waals surface area contributed by atoms with E-state index in [9.17, 15) is 14.7 Å². The summed E-state index contributed by atoms with van der Waals surface area (Å²) in [6, 6.07) is 4.17. The van der Waals surface area contributed by atoms with Crippen molar-refractivity contribution in [3.05, 3.63) is 34.9 Å². The molecule has 0 fully saturated rings. The van der Waals surface area contributed by atoms with Gasteiger partial charge in [-0.15, -0.1) is 0 Å². The molecule has 0 saturated carbocycles. The van der Waals surface area contributed by atoms with Crippen LogP contribution in [0.4, 0.5) is 0 Å². The summed E-state index contributed by atoms with van der Waals surface area (Å²) in [4.78, 5) is 21.2. The van der Waals surface area contributed by atoms with Crippen molar-refractivity contribution in [1.29, 1.82) is 0 Å². The van der Waals surface area contributed by atoms with Gasteiger partial charge in [0.05, 0.1) is 17.7 Å². The first-order chi connectivity index (χ1) is 12.5. The summed E-state index contributed by atoms with van der Waals surface area (Å²) in [7, 11) is 0. The van der Waals surface area contributed by atoms with Crippen LogP contribution in [0.2, 0.25) is 0 Å². The molecule has 0 amide bonds. The fraction of sp³-hybridized carbons (Fsp3) is 0.619. The Kier molecular flexibility index (Phi) is 14.3. The van der Waals surface area contributed by atoms with E-state index in [1.54, 1.807) is 0 Å². The molecule has 2 N–H and O–H groups in total. The molecule has 26 heavy (non-hydrogen) atoms. The summed E-state index contributed by atoms with van der Waals surface area (Å²) in [6.07, 6.45) is 13.0. The topological polar surface area (TPSA) is 94.5 Å². The molecule has 5 heteroatoms. The summed E-state index contributed by atoms with van der Waals surface area (Å²) in [5.74, 6) is -2.22. The minimum atomic E-state index is -1.11. The smallest absolute Gasteiger partial charge is 0.335 e. The average Bonchev–Trinajstić information content (AvgIpc) is 2.60. The molecule has 1 rings (SSSR count). The van der Waals surface area contributed by atoms with Crippen LogP contribution in [-0.2, 0) is 5.11 Å². The van der Waals surface area contributed by atoms with Gasteiger partial charge in [-0.25, -0.2) is 14.7 Å². The molecule has 147 valence electrons. The summed E-state index contributed by atoms with van der Waals surface area (Å²) < 4.78 is 0. The second-order valence-corrected chi connectivity index (χ2v) is 6.47. The maximum absolute atomic E-state index is 10.6. The predicted molar refractivity (Wildman–Crippen MR) is 102 cm³/mol. The van der Waals surface area contributed by atoms with E-state index in [1.165, 1.54) is 76.5 Å². The molecule has 0 atom stereocenters. The number of hydrogen-bond acceptors (Lipinski definition) is 2. The molecule has 0 aliphatic rings. The van der Waals surface area contributed by atoms with E-state index in [0.717, 1.165) is 12.8 Å². The lowest BCUT2D eigenvalue weighted by molar-refractivity contribution is 0.0696. The van der Waals surface area contributed by atoms with Crippen LogP contribution in [0.5, 0.6) is 0 Å². The zero-order chi connectivity index (χ0) is 19.8. The van der Waals surface area contributed by atoms with E-state index in [1.807, 2.05) is 0 Å². The van der Waals surface area contributed by atoms with Crippen LogP contribution in [0.25, 0.3) is 0 Å². The molecule has 0 unspecified atom stereocenters. The third-order valence-electron chi connectivity index (χ3n) is 4.29. The van der Waals surface area contributed by atoms with Gasteiger partial charge >= 0.3 is 11.9 Å². The molecule has 0 bridgehead atoms. The minimum Gasteiger partial charge on any atom is -0.478 e. The Morgan fingerprint density at radius 1 is 0.769 bits per heavy atom. The molecule has 1 aromatic rings. The number of benzene rings is 1. The van der Waals surface area contributed by atoms with Gasteiger partial charge in [-0.05, 0) is 31.0 Å². The first-order valence-corrected chi connectivity index (χ1v) is 9.60. The molecule has 0 saturated heterocycles. The monoisotopic (exact) mass is 365 g/mol. The maximum atomic E-state index is 10.6. The third-order valence-corrected chi connectivity index (χ3v) is 4.29. The van der Waals surface area contributed by atoms with Crippen LogP contribution >= 0.6 is 0 Å². The predicted octanol–water partition coefficient (Wildman–Crippen LogP) is 5.73. The summed E-state index contributed by atoms with van der Waals surface area (Å²) in [5.41, 5.74) is 0.335. The van der Waals surface area contributed by atoms with Crippen LogP contribution in [0, 0.1) is 6.92 Å². The number of carboxylic acid groups (broad SMARTS) is 2. The van der Waals surface area contributed by atoms with Gasteiger partial charge in [0.1, 0.15) is 0 Å². The van der Waals surface area contributed by atoms with Crippen LogP contribution in [0.1, 0.15) is 97.4 Å². The van der Waals surface area contributed by atoms with Gasteiger partial charge in [0.2, 0.25) is 0 Å². The first-order valence-electron chi connectivity index (χ1n) is 9.60. The standard InChI is InChI=1S/C12H25O.C9H8O4/c1-2-3-4-5-6-7-8-9-10-11-12-13;1-5-6(8(10)11)3-2-4-7(5)9(12)13/h2-12H2,1H3;2-4H,1H3,(H,10,11)(H,12,13). The highest BCUT2D eigenvalue weighted by Gasteiger charge is 2.13. The van der Waals surface area contributed by atoms with Crippen LogP contribution < -0.4 is 0 Å². The molecule has 0 aliphatic heterocycles. The Morgan fingerprint density at radius 2 is 1.15 bits per heavy atom. The molecule has 0 spiro atoms. The van der Waals surface area contributed by atoms with Gasteiger partial charge in [-0.2, -0.15) is 0 Å². The highest BCUT2D eigenvalue weighted by molar-refractivity contribution is 5.96. The molecule has 0 heterocycles. The number of aromatic carboxylic acids is 2. The highest BCUT2D eigenvalue weighted by atomic mass is 16.4. The van der Waals surface area contributed by atoms with Crippen molar-refractivity contribution in [1.82, 2.24) is 0 Å². The average molecular weight is 365 g/mol. The van der Waals surface area contributed by atoms with Crippen molar-refractivity contribution < 1.29 is 24.9 Å². The normalized spacial score (nSPS) is 10.1. The first kappa shape index (κ1) is 24.1. The molecular weight excluding hydrogens is 332 g/mol. The second kappa shape index (κ2) is 15.4. The van der Waals surface area contributed by atoms with E-state index < -0.39 is 11.9 Å². The van der Waals surface area contributed by atoms with Crippen molar-refractivity contribution >= 4 is 11.9 Å². The van der Waals surface area contributed by atoms with Gasteiger partial charge in [-0.1, -0.05) is 70.8 Å². The quantitative estimate of drug-likeness (QED) is 0.462. The van der Waals surface area contributed by atoms with E-state index in [-0.39, 0.29) is 23.3 Å². The Bertz CT molecular complexity index is 483. The Labute approximate surface area is 157 Å². The number of carbonyl (C=O) groups is 2. The zero-order valence-electron chi connectivity index (χ0n) is 16.1. The summed E-state index contributed by atoms with van der Waals surface area (Å²) >= 11 is 0. The van der Waals surface area contributed by atoms with Crippen molar-refractivity contribution in [2.24, 2.45) is 0 Å². The molecule has 0 aromatic heterocycles. The molecule has 0 aliphatic carbocycles. The molecular formula is C21H33O5. The number of unbranched alkanes of at least 4 members (excludes halogenated alkanes) is 9. The van der Waals surface area contributed by atoms with E-state index >= 15 is 0 Å². The molecule has 5 nitrogen and oxygen atoms in total.